The number of nitrogens with zero attached hydrogens (tertiary/aromatic N) is 4. The van der Waals surface area contributed by atoms with Crippen molar-refractivity contribution < 1.29 is 13.2 Å². The number of anilines is 1. The van der Waals surface area contributed by atoms with Gasteiger partial charge in [-0.3, -0.25) is 4.79 Å². The molecular weight excluding hydrogens is 476 g/mol. The van der Waals surface area contributed by atoms with Crippen LogP contribution in [0.4, 0.5) is 5.69 Å². The van der Waals surface area contributed by atoms with Gasteiger partial charge in [0.1, 0.15) is 11.8 Å². The molecule has 1 fully saturated rings. The summed E-state index contributed by atoms with van der Waals surface area (Å²) in [5, 5.41) is 4.90. The van der Waals surface area contributed by atoms with E-state index < -0.39 is 10.0 Å². The standard InChI is InChI=1S/C24H25ClN4O4S/c1-34(31,32)28-11-9-27(10-12-28)22-16-26-29(20-8-4-7-19(25)15-20)24(30)23(22)33-21-13-17-5-2-3-6-18(17)14-21/h2-8,15-16,21H,9-14H2,1H3. The summed E-state index contributed by atoms with van der Waals surface area (Å²) in [4.78, 5) is 15.6. The highest BCUT2D eigenvalue weighted by Gasteiger charge is 2.30. The van der Waals surface area contributed by atoms with Crippen LogP contribution in [0.1, 0.15) is 11.1 Å². The molecule has 1 aliphatic heterocycles. The number of sulfonamides is 1. The van der Waals surface area contributed by atoms with Gasteiger partial charge in [0, 0.05) is 44.0 Å². The first-order valence-corrected chi connectivity index (χ1v) is 13.3. The Labute approximate surface area is 203 Å². The number of aromatic nitrogens is 2. The second-order valence-corrected chi connectivity index (χ2v) is 11.0. The zero-order chi connectivity index (χ0) is 23.9. The van der Waals surface area contributed by atoms with Crippen LogP contribution in [0.3, 0.4) is 0 Å². The summed E-state index contributed by atoms with van der Waals surface area (Å²) in [7, 11) is -3.26. The maximum Gasteiger partial charge on any atom is 0.316 e. The van der Waals surface area contributed by atoms with Gasteiger partial charge >= 0.3 is 5.56 Å². The van der Waals surface area contributed by atoms with Gasteiger partial charge in [-0.25, -0.2) is 8.42 Å². The molecule has 0 radical (unpaired) electrons. The molecule has 0 atom stereocenters. The van der Waals surface area contributed by atoms with E-state index in [2.05, 4.69) is 17.2 Å². The summed E-state index contributed by atoms with van der Waals surface area (Å²) < 4.78 is 33.0. The Hall–Kier alpha value is -2.88. The lowest BCUT2D eigenvalue weighted by atomic mass is 10.1. The third-order valence-electron chi connectivity index (χ3n) is 6.31. The monoisotopic (exact) mass is 500 g/mol. The van der Waals surface area contributed by atoms with E-state index in [4.69, 9.17) is 16.3 Å². The van der Waals surface area contributed by atoms with Gasteiger partial charge in [-0.2, -0.15) is 14.1 Å². The van der Waals surface area contributed by atoms with Gasteiger partial charge < -0.3 is 9.64 Å². The molecule has 0 unspecified atom stereocenters. The van der Waals surface area contributed by atoms with E-state index in [9.17, 15) is 13.2 Å². The summed E-state index contributed by atoms with van der Waals surface area (Å²) in [6.07, 6.45) is 4.10. The first kappa shape index (κ1) is 22.9. The molecule has 5 rings (SSSR count). The van der Waals surface area contributed by atoms with E-state index in [1.54, 1.807) is 30.5 Å². The number of ether oxygens (including phenoxy) is 1. The second-order valence-electron chi connectivity index (χ2n) is 8.62. The molecule has 10 heteroatoms. The maximum absolute atomic E-state index is 13.6. The van der Waals surface area contributed by atoms with Crippen LogP contribution in [0, 0.1) is 0 Å². The van der Waals surface area contributed by atoms with E-state index in [0.717, 1.165) is 12.8 Å². The summed E-state index contributed by atoms with van der Waals surface area (Å²) in [6.45, 7) is 1.56. The normalized spacial score (nSPS) is 17.1. The van der Waals surface area contributed by atoms with Crippen molar-refractivity contribution in [2.75, 3.05) is 37.3 Å². The predicted octanol–water partition coefficient (Wildman–Crippen LogP) is 2.51. The van der Waals surface area contributed by atoms with Gasteiger partial charge in [-0.05, 0) is 29.3 Å². The molecule has 3 aromatic rings. The minimum Gasteiger partial charge on any atom is -0.482 e. The van der Waals surface area contributed by atoms with E-state index in [1.165, 1.54) is 26.4 Å². The molecule has 1 saturated heterocycles. The molecule has 0 spiro atoms. The molecule has 2 aromatic carbocycles. The Morgan fingerprint density at radius 2 is 1.68 bits per heavy atom. The third kappa shape index (κ3) is 4.55. The van der Waals surface area contributed by atoms with Crippen LogP contribution in [0.25, 0.3) is 5.69 Å². The fourth-order valence-corrected chi connectivity index (χ4v) is 5.60. The van der Waals surface area contributed by atoms with E-state index in [-0.39, 0.29) is 17.4 Å². The number of fused-ring (bicyclic) bond motifs is 1. The second kappa shape index (κ2) is 9.05. The Kier molecular flexibility index (Phi) is 6.09. The fraction of sp³-hybridized carbons (Fsp3) is 0.333. The number of piperazine rings is 1. The molecule has 34 heavy (non-hydrogen) atoms. The number of hydrogen-bond donors (Lipinski definition) is 0. The van der Waals surface area contributed by atoms with Crippen LogP contribution < -0.4 is 15.2 Å². The minimum atomic E-state index is -3.26. The number of rotatable bonds is 5. The molecule has 0 amide bonds. The van der Waals surface area contributed by atoms with Gasteiger partial charge in [-0.15, -0.1) is 0 Å². The lowest BCUT2D eigenvalue weighted by Gasteiger charge is -2.35. The lowest BCUT2D eigenvalue weighted by molar-refractivity contribution is 0.209. The maximum atomic E-state index is 13.6. The fourth-order valence-electron chi connectivity index (χ4n) is 4.59. The highest BCUT2D eigenvalue weighted by Crippen LogP contribution is 2.30. The van der Waals surface area contributed by atoms with Crippen molar-refractivity contribution in [1.29, 1.82) is 0 Å². The van der Waals surface area contributed by atoms with E-state index >= 15 is 0 Å². The largest absolute Gasteiger partial charge is 0.482 e. The van der Waals surface area contributed by atoms with Crippen LogP contribution in [0.5, 0.6) is 5.75 Å². The zero-order valence-corrected chi connectivity index (χ0v) is 20.3. The van der Waals surface area contributed by atoms with Crippen LogP contribution in [0.2, 0.25) is 5.02 Å². The Balaban J connectivity index is 1.50. The highest BCUT2D eigenvalue weighted by molar-refractivity contribution is 7.88. The molecule has 0 saturated carbocycles. The first-order valence-electron chi connectivity index (χ1n) is 11.1. The zero-order valence-electron chi connectivity index (χ0n) is 18.7. The third-order valence-corrected chi connectivity index (χ3v) is 7.85. The van der Waals surface area contributed by atoms with Crippen molar-refractivity contribution in [3.8, 4) is 11.4 Å². The molecule has 2 aliphatic rings. The summed E-state index contributed by atoms with van der Waals surface area (Å²) >= 11 is 6.14. The van der Waals surface area contributed by atoms with Crippen molar-refractivity contribution >= 4 is 27.3 Å². The SMILES string of the molecule is CS(=O)(=O)N1CCN(c2cnn(-c3cccc(Cl)c3)c(=O)c2OC2Cc3ccccc3C2)CC1. The predicted molar refractivity (Wildman–Crippen MR) is 132 cm³/mol. The van der Waals surface area contributed by atoms with Crippen molar-refractivity contribution in [2.45, 2.75) is 18.9 Å². The Morgan fingerprint density at radius 3 is 2.29 bits per heavy atom. The summed E-state index contributed by atoms with van der Waals surface area (Å²) in [6, 6.07) is 15.1. The molecule has 178 valence electrons. The molecule has 8 nitrogen and oxygen atoms in total. The van der Waals surface area contributed by atoms with E-state index in [1.807, 2.05) is 17.0 Å². The van der Waals surface area contributed by atoms with E-state index in [0.29, 0.717) is 42.6 Å². The minimum absolute atomic E-state index is 0.170. The lowest BCUT2D eigenvalue weighted by Crippen LogP contribution is -2.49. The molecule has 2 heterocycles. The Morgan fingerprint density at radius 1 is 1.00 bits per heavy atom. The quantitative estimate of drug-likeness (QED) is 0.535. The van der Waals surface area contributed by atoms with Gasteiger partial charge in [0.15, 0.2) is 0 Å². The highest BCUT2D eigenvalue weighted by atomic mass is 35.5. The van der Waals surface area contributed by atoms with Crippen molar-refractivity contribution in [1.82, 2.24) is 14.1 Å². The van der Waals surface area contributed by atoms with Gasteiger partial charge in [0.2, 0.25) is 15.8 Å². The van der Waals surface area contributed by atoms with Crippen molar-refractivity contribution in [3.63, 3.8) is 0 Å². The average molecular weight is 501 g/mol. The van der Waals surface area contributed by atoms with Crippen LogP contribution in [-0.2, 0) is 22.9 Å². The summed E-state index contributed by atoms with van der Waals surface area (Å²) in [5.74, 6) is 0.223. The average Bonchev–Trinajstić information content (AvgIpc) is 3.22. The number of hydrogen-bond acceptors (Lipinski definition) is 6. The molecular formula is C24H25ClN4O4S. The van der Waals surface area contributed by atoms with Crippen LogP contribution in [-0.4, -0.2) is 61.0 Å². The van der Waals surface area contributed by atoms with Crippen molar-refractivity contribution in [2.24, 2.45) is 0 Å². The molecule has 0 N–H and O–H groups in total. The van der Waals surface area contributed by atoms with Crippen LogP contribution >= 0.6 is 11.6 Å². The van der Waals surface area contributed by atoms with Gasteiger partial charge in [-0.1, -0.05) is 41.9 Å². The number of halogens is 1. The van der Waals surface area contributed by atoms with Gasteiger partial charge in [0.05, 0.1) is 18.1 Å². The topological polar surface area (TPSA) is 84.7 Å². The number of benzene rings is 2. The molecule has 0 bridgehead atoms. The van der Waals surface area contributed by atoms with Crippen LogP contribution in [0.15, 0.2) is 59.5 Å². The first-order chi connectivity index (χ1) is 16.3. The smallest absolute Gasteiger partial charge is 0.316 e. The molecule has 1 aromatic heterocycles. The Bertz CT molecular complexity index is 1360. The summed E-state index contributed by atoms with van der Waals surface area (Å²) in [5.41, 5.74) is 3.19. The van der Waals surface area contributed by atoms with Gasteiger partial charge in [0.25, 0.3) is 0 Å². The molecule has 1 aliphatic carbocycles. The van der Waals surface area contributed by atoms with Crippen molar-refractivity contribution in [3.05, 3.63) is 81.2 Å².